The largest absolute Gasteiger partial charge is 0.372 e. The maximum Gasteiger partial charge on any atom is 0.0875 e. The molecular formula is C10H11BrO. The smallest absolute Gasteiger partial charge is 0.0875 e. The number of hydrogen-bond donors (Lipinski definition) is 0. The Morgan fingerprint density at radius 2 is 2.00 bits per heavy atom. The Morgan fingerprint density at radius 3 is 2.50 bits per heavy atom. The number of hydrogen-bond acceptors (Lipinski definition) is 1. The van der Waals surface area contributed by atoms with Crippen molar-refractivity contribution in [2.45, 2.75) is 18.9 Å². The van der Waals surface area contributed by atoms with Crippen LogP contribution in [0.4, 0.5) is 0 Å². The van der Waals surface area contributed by atoms with Gasteiger partial charge in [-0.05, 0) is 17.7 Å². The topological polar surface area (TPSA) is 12.5 Å². The summed E-state index contributed by atoms with van der Waals surface area (Å²) < 4.78 is 6.38. The van der Waals surface area contributed by atoms with Crippen LogP contribution in [-0.2, 0) is 4.74 Å². The molecule has 2 unspecified atom stereocenters. The molecule has 1 nitrogen and oxygen atoms in total. The van der Waals surface area contributed by atoms with Gasteiger partial charge in [0.05, 0.1) is 12.7 Å². The highest BCUT2D eigenvalue weighted by Gasteiger charge is 2.30. The van der Waals surface area contributed by atoms with Crippen molar-refractivity contribution in [3.05, 3.63) is 34.3 Å². The number of benzene rings is 1. The molecular weight excluding hydrogens is 216 g/mol. The first-order valence-corrected chi connectivity index (χ1v) is 4.94. The van der Waals surface area contributed by atoms with E-state index in [4.69, 9.17) is 4.74 Å². The van der Waals surface area contributed by atoms with Gasteiger partial charge in [-0.25, -0.2) is 0 Å². The van der Waals surface area contributed by atoms with E-state index < -0.39 is 0 Å². The second-order valence-electron chi connectivity index (χ2n) is 3.21. The van der Waals surface area contributed by atoms with Crippen molar-refractivity contribution in [1.29, 1.82) is 0 Å². The Morgan fingerprint density at radius 1 is 1.42 bits per heavy atom. The van der Waals surface area contributed by atoms with E-state index in [2.05, 4.69) is 47.1 Å². The Labute approximate surface area is 80.9 Å². The summed E-state index contributed by atoms with van der Waals surface area (Å²) in [5.41, 5.74) is 1.36. The minimum Gasteiger partial charge on any atom is -0.372 e. The van der Waals surface area contributed by atoms with Crippen molar-refractivity contribution in [2.24, 2.45) is 0 Å². The van der Waals surface area contributed by atoms with Crippen molar-refractivity contribution in [2.75, 3.05) is 6.61 Å². The predicted molar refractivity (Wildman–Crippen MR) is 52.3 cm³/mol. The third-order valence-corrected chi connectivity index (χ3v) is 2.84. The quantitative estimate of drug-likeness (QED) is 0.707. The minimum atomic E-state index is 0.464. The summed E-state index contributed by atoms with van der Waals surface area (Å²) in [4.78, 5) is 0. The SMILES string of the molecule is CC(c1ccc(Br)cc1)C1CO1. The van der Waals surface area contributed by atoms with Crippen LogP contribution in [0, 0.1) is 0 Å². The van der Waals surface area contributed by atoms with E-state index in [-0.39, 0.29) is 0 Å². The lowest BCUT2D eigenvalue weighted by molar-refractivity contribution is 0.382. The fourth-order valence-corrected chi connectivity index (χ4v) is 1.59. The fourth-order valence-electron chi connectivity index (χ4n) is 1.33. The molecule has 0 N–H and O–H groups in total. The van der Waals surface area contributed by atoms with E-state index in [9.17, 15) is 0 Å². The molecule has 2 rings (SSSR count). The first-order chi connectivity index (χ1) is 5.77. The summed E-state index contributed by atoms with van der Waals surface area (Å²) in [7, 11) is 0. The highest BCUT2D eigenvalue weighted by atomic mass is 79.9. The molecule has 0 saturated carbocycles. The number of rotatable bonds is 2. The molecule has 12 heavy (non-hydrogen) atoms. The van der Waals surface area contributed by atoms with Gasteiger partial charge in [-0.2, -0.15) is 0 Å². The Bertz CT molecular complexity index is 264. The van der Waals surface area contributed by atoms with Gasteiger partial charge in [-0.3, -0.25) is 0 Å². The molecule has 0 aliphatic carbocycles. The van der Waals surface area contributed by atoms with Gasteiger partial charge >= 0.3 is 0 Å². The average molecular weight is 227 g/mol. The summed E-state index contributed by atoms with van der Waals surface area (Å²) in [5.74, 6) is 0.540. The summed E-state index contributed by atoms with van der Waals surface area (Å²) in [6.45, 7) is 3.14. The minimum absolute atomic E-state index is 0.464. The molecule has 0 bridgehead atoms. The third-order valence-electron chi connectivity index (χ3n) is 2.31. The first kappa shape index (κ1) is 8.27. The second kappa shape index (κ2) is 3.19. The van der Waals surface area contributed by atoms with E-state index in [1.807, 2.05) is 0 Å². The second-order valence-corrected chi connectivity index (χ2v) is 4.13. The summed E-state index contributed by atoms with van der Waals surface area (Å²) in [6.07, 6.45) is 0.464. The van der Waals surface area contributed by atoms with E-state index in [1.54, 1.807) is 0 Å². The van der Waals surface area contributed by atoms with E-state index in [0.717, 1.165) is 11.1 Å². The highest BCUT2D eigenvalue weighted by molar-refractivity contribution is 9.10. The van der Waals surface area contributed by atoms with Crippen molar-refractivity contribution in [3.63, 3.8) is 0 Å². The van der Waals surface area contributed by atoms with Crippen LogP contribution in [0.1, 0.15) is 18.4 Å². The normalized spacial score (nSPS) is 23.7. The lowest BCUT2D eigenvalue weighted by Gasteiger charge is -2.07. The Kier molecular flexibility index (Phi) is 2.20. The van der Waals surface area contributed by atoms with E-state index >= 15 is 0 Å². The molecule has 0 aromatic heterocycles. The lowest BCUT2D eigenvalue weighted by atomic mass is 9.98. The van der Waals surface area contributed by atoms with Gasteiger partial charge < -0.3 is 4.74 Å². The zero-order chi connectivity index (χ0) is 8.55. The standard InChI is InChI=1S/C10H11BrO/c1-7(10-6-12-10)8-2-4-9(11)5-3-8/h2-5,7,10H,6H2,1H3. The van der Waals surface area contributed by atoms with Crippen LogP contribution in [0.15, 0.2) is 28.7 Å². The van der Waals surface area contributed by atoms with Crippen LogP contribution in [0.2, 0.25) is 0 Å². The average Bonchev–Trinajstić information content (AvgIpc) is 2.87. The zero-order valence-corrected chi connectivity index (χ0v) is 8.54. The van der Waals surface area contributed by atoms with E-state index in [1.165, 1.54) is 5.56 Å². The lowest BCUT2D eigenvalue weighted by Crippen LogP contribution is -2.00. The molecule has 1 saturated heterocycles. The molecule has 1 fully saturated rings. The molecule has 0 spiro atoms. The molecule has 1 aromatic carbocycles. The molecule has 1 heterocycles. The molecule has 0 radical (unpaired) electrons. The van der Waals surface area contributed by atoms with Gasteiger partial charge in [0.15, 0.2) is 0 Å². The predicted octanol–water partition coefficient (Wildman–Crippen LogP) is 2.95. The molecule has 1 aliphatic heterocycles. The van der Waals surface area contributed by atoms with Crippen LogP contribution in [0.3, 0.4) is 0 Å². The van der Waals surface area contributed by atoms with E-state index in [0.29, 0.717) is 12.0 Å². The zero-order valence-electron chi connectivity index (χ0n) is 6.96. The number of epoxide rings is 1. The van der Waals surface area contributed by atoms with Crippen LogP contribution >= 0.6 is 15.9 Å². The molecule has 0 amide bonds. The maximum absolute atomic E-state index is 5.24. The molecule has 1 aromatic rings. The van der Waals surface area contributed by atoms with Gasteiger partial charge in [0.2, 0.25) is 0 Å². The van der Waals surface area contributed by atoms with Crippen molar-refractivity contribution >= 4 is 15.9 Å². The molecule has 2 heteroatoms. The molecule has 1 aliphatic rings. The fraction of sp³-hybridized carbons (Fsp3) is 0.400. The number of ether oxygens (including phenoxy) is 1. The van der Waals surface area contributed by atoms with Crippen molar-refractivity contribution in [1.82, 2.24) is 0 Å². The van der Waals surface area contributed by atoms with Crippen LogP contribution < -0.4 is 0 Å². The monoisotopic (exact) mass is 226 g/mol. The van der Waals surface area contributed by atoms with Gasteiger partial charge in [0.25, 0.3) is 0 Å². The Hall–Kier alpha value is -0.340. The number of halogens is 1. The Balaban J connectivity index is 2.16. The summed E-state index contributed by atoms with van der Waals surface area (Å²) in [6, 6.07) is 8.45. The molecule has 2 atom stereocenters. The van der Waals surface area contributed by atoms with Crippen LogP contribution in [0.5, 0.6) is 0 Å². The van der Waals surface area contributed by atoms with Gasteiger partial charge in [0.1, 0.15) is 0 Å². The molecule has 64 valence electrons. The first-order valence-electron chi connectivity index (χ1n) is 4.14. The van der Waals surface area contributed by atoms with Crippen molar-refractivity contribution < 1.29 is 4.74 Å². The van der Waals surface area contributed by atoms with Gasteiger partial charge in [-0.1, -0.05) is 35.0 Å². The van der Waals surface area contributed by atoms with Gasteiger partial charge in [0, 0.05) is 10.4 Å². The van der Waals surface area contributed by atoms with Crippen LogP contribution in [0.25, 0.3) is 0 Å². The summed E-state index contributed by atoms with van der Waals surface area (Å²) in [5, 5.41) is 0. The van der Waals surface area contributed by atoms with Gasteiger partial charge in [-0.15, -0.1) is 0 Å². The maximum atomic E-state index is 5.24. The highest BCUT2D eigenvalue weighted by Crippen LogP contribution is 2.29. The third kappa shape index (κ3) is 1.70. The van der Waals surface area contributed by atoms with Crippen LogP contribution in [-0.4, -0.2) is 12.7 Å². The summed E-state index contributed by atoms with van der Waals surface area (Å²) >= 11 is 3.42. The van der Waals surface area contributed by atoms with Crippen molar-refractivity contribution in [3.8, 4) is 0 Å².